The molecule has 23 heavy (non-hydrogen) atoms. The summed E-state index contributed by atoms with van der Waals surface area (Å²) in [6, 6.07) is 0. The van der Waals surface area contributed by atoms with Gasteiger partial charge in [0.05, 0.1) is 18.3 Å². The SMILES string of the molecule is CC(C)C1CCC(C)[C@@H]2CC[C@@H](C)[C@@]3(O)[C@@H]2[C@H](O)C(CO)=C[C@H]13. The van der Waals surface area contributed by atoms with Crippen LogP contribution in [0.2, 0.25) is 0 Å². The smallest absolute Gasteiger partial charge is 0.0831 e. The minimum atomic E-state index is -0.829. The molecule has 4 bridgehead atoms. The van der Waals surface area contributed by atoms with Crippen LogP contribution < -0.4 is 0 Å². The molecule has 0 amide bonds. The van der Waals surface area contributed by atoms with E-state index < -0.39 is 11.7 Å². The fourth-order valence-corrected chi connectivity index (χ4v) is 6.10. The van der Waals surface area contributed by atoms with Gasteiger partial charge in [-0.3, -0.25) is 0 Å². The quantitative estimate of drug-likeness (QED) is 0.685. The molecule has 0 aliphatic heterocycles. The van der Waals surface area contributed by atoms with Crippen molar-refractivity contribution < 1.29 is 15.3 Å². The van der Waals surface area contributed by atoms with Crippen molar-refractivity contribution in [3.05, 3.63) is 11.6 Å². The summed E-state index contributed by atoms with van der Waals surface area (Å²) in [6.07, 6.45) is 5.79. The van der Waals surface area contributed by atoms with Crippen molar-refractivity contribution in [3.8, 4) is 0 Å². The van der Waals surface area contributed by atoms with Crippen molar-refractivity contribution in [1.29, 1.82) is 0 Å². The van der Waals surface area contributed by atoms with Crippen molar-refractivity contribution in [2.45, 2.75) is 65.1 Å². The molecular formula is C20H34O3. The van der Waals surface area contributed by atoms with Gasteiger partial charge >= 0.3 is 0 Å². The van der Waals surface area contributed by atoms with Crippen LogP contribution >= 0.6 is 0 Å². The van der Waals surface area contributed by atoms with Crippen LogP contribution in [0.15, 0.2) is 11.6 Å². The molecule has 0 aromatic heterocycles. The van der Waals surface area contributed by atoms with Crippen LogP contribution in [-0.4, -0.2) is 33.6 Å². The lowest BCUT2D eigenvalue weighted by atomic mass is 9.48. The zero-order valence-electron chi connectivity index (χ0n) is 15.1. The fraction of sp³-hybridized carbons (Fsp3) is 0.900. The Morgan fingerprint density at radius 2 is 1.87 bits per heavy atom. The predicted octanol–water partition coefficient (Wildman–Crippen LogP) is 2.99. The largest absolute Gasteiger partial charge is 0.392 e. The van der Waals surface area contributed by atoms with Gasteiger partial charge in [-0.1, -0.05) is 40.2 Å². The summed E-state index contributed by atoms with van der Waals surface area (Å²) in [7, 11) is 0. The van der Waals surface area contributed by atoms with Gasteiger partial charge in [-0.05, 0) is 54.4 Å². The van der Waals surface area contributed by atoms with E-state index in [0.29, 0.717) is 23.7 Å². The standard InChI is InChI=1S/C20H34O3/c1-11(2)15-7-5-12(3)16-8-6-13(4)20(23)17(15)9-14(10-21)19(22)18(16)20/h9,11-13,15-19,21-23H,5-8,10H2,1-4H3/t12?,13-,15?,16+,17-,18+,19-,20+/m1/s1. The van der Waals surface area contributed by atoms with E-state index >= 15 is 0 Å². The second-order valence-corrected chi connectivity index (χ2v) is 8.89. The molecule has 0 saturated heterocycles. The molecule has 2 unspecified atom stereocenters. The molecule has 2 saturated carbocycles. The van der Waals surface area contributed by atoms with Gasteiger partial charge in [0.25, 0.3) is 0 Å². The van der Waals surface area contributed by atoms with Gasteiger partial charge in [0.15, 0.2) is 0 Å². The third kappa shape index (κ3) is 2.51. The maximum absolute atomic E-state index is 11.9. The molecule has 3 nitrogen and oxygen atoms in total. The summed E-state index contributed by atoms with van der Waals surface area (Å²) in [5.74, 6) is 1.93. The van der Waals surface area contributed by atoms with E-state index in [1.807, 2.05) is 6.08 Å². The first-order valence-corrected chi connectivity index (χ1v) is 9.54. The van der Waals surface area contributed by atoms with E-state index in [2.05, 4.69) is 27.7 Å². The van der Waals surface area contributed by atoms with Crippen LogP contribution in [0.4, 0.5) is 0 Å². The molecule has 0 aromatic rings. The van der Waals surface area contributed by atoms with Gasteiger partial charge in [-0.25, -0.2) is 0 Å². The minimum Gasteiger partial charge on any atom is -0.392 e. The summed E-state index contributed by atoms with van der Waals surface area (Å²) in [5, 5.41) is 32.6. The van der Waals surface area contributed by atoms with Crippen molar-refractivity contribution in [2.75, 3.05) is 6.61 Å². The number of hydrogen-bond acceptors (Lipinski definition) is 3. The van der Waals surface area contributed by atoms with E-state index in [9.17, 15) is 15.3 Å². The van der Waals surface area contributed by atoms with Gasteiger partial charge in [0.1, 0.15) is 0 Å². The molecule has 0 aromatic carbocycles. The van der Waals surface area contributed by atoms with E-state index in [0.717, 1.165) is 24.8 Å². The summed E-state index contributed by atoms with van der Waals surface area (Å²) in [6.45, 7) is 8.85. The molecule has 0 heterocycles. The van der Waals surface area contributed by atoms with Crippen LogP contribution in [-0.2, 0) is 0 Å². The highest BCUT2D eigenvalue weighted by Crippen LogP contribution is 2.58. The van der Waals surface area contributed by atoms with Crippen LogP contribution in [0.25, 0.3) is 0 Å². The lowest BCUT2D eigenvalue weighted by molar-refractivity contribution is -0.203. The third-order valence-corrected chi connectivity index (χ3v) is 7.55. The van der Waals surface area contributed by atoms with Gasteiger partial charge < -0.3 is 15.3 Å². The molecule has 3 aliphatic carbocycles. The Labute approximate surface area is 140 Å². The summed E-state index contributed by atoms with van der Waals surface area (Å²) >= 11 is 0. The van der Waals surface area contributed by atoms with E-state index in [4.69, 9.17) is 0 Å². The van der Waals surface area contributed by atoms with Crippen molar-refractivity contribution in [2.24, 2.45) is 41.4 Å². The lowest BCUT2D eigenvalue weighted by Crippen LogP contribution is -2.65. The first kappa shape index (κ1) is 17.4. The molecular weight excluding hydrogens is 288 g/mol. The topological polar surface area (TPSA) is 60.7 Å². The molecule has 3 N–H and O–H groups in total. The zero-order chi connectivity index (χ0) is 16.9. The molecule has 3 aliphatic rings. The van der Waals surface area contributed by atoms with E-state index in [-0.39, 0.29) is 24.4 Å². The lowest BCUT2D eigenvalue weighted by Gasteiger charge is -2.60. The number of aliphatic hydroxyl groups is 3. The number of aliphatic hydroxyl groups excluding tert-OH is 2. The molecule has 0 radical (unpaired) electrons. The van der Waals surface area contributed by atoms with Gasteiger partial charge in [-0.15, -0.1) is 0 Å². The maximum Gasteiger partial charge on any atom is 0.0831 e. The van der Waals surface area contributed by atoms with Crippen molar-refractivity contribution in [1.82, 2.24) is 0 Å². The van der Waals surface area contributed by atoms with Crippen LogP contribution in [0.1, 0.15) is 53.4 Å². The monoisotopic (exact) mass is 322 g/mol. The highest BCUT2D eigenvalue weighted by molar-refractivity contribution is 5.26. The zero-order valence-corrected chi connectivity index (χ0v) is 15.1. The van der Waals surface area contributed by atoms with Gasteiger partial charge in [0, 0.05) is 11.8 Å². The predicted molar refractivity (Wildman–Crippen MR) is 91.7 cm³/mol. The second-order valence-electron chi connectivity index (χ2n) is 8.89. The van der Waals surface area contributed by atoms with E-state index in [1.165, 1.54) is 6.42 Å². The average Bonchev–Trinajstić information content (AvgIpc) is 2.50. The Balaban J connectivity index is 2.17. The van der Waals surface area contributed by atoms with Gasteiger partial charge in [-0.2, -0.15) is 0 Å². The van der Waals surface area contributed by atoms with Crippen molar-refractivity contribution in [3.63, 3.8) is 0 Å². The molecule has 3 rings (SSSR count). The highest BCUT2D eigenvalue weighted by Gasteiger charge is 2.60. The Hall–Kier alpha value is -0.380. The van der Waals surface area contributed by atoms with Crippen LogP contribution in [0.5, 0.6) is 0 Å². The first-order valence-electron chi connectivity index (χ1n) is 9.54. The molecule has 0 spiro atoms. The summed E-state index contributed by atoms with van der Waals surface area (Å²) in [4.78, 5) is 0. The Morgan fingerprint density at radius 1 is 1.17 bits per heavy atom. The summed E-state index contributed by atoms with van der Waals surface area (Å²) < 4.78 is 0. The highest BCUT2D eigenvalue weighted by atomic mass is 16.3. The van der Waals surface area contributed by atoms with Gasteiger partial charge in [0.2, 0.25) is 0 Å². The Morgan fingerprint density at radius 3 is 2.48 bits per heavy atom. The van der Waals surface area contributed by atoms with Crippen molar-refractivity contribution >= 4 is 0 Å². The number of rotatable bonds is 2. The number of hydrogen-bond donors (Lipinski definition) is 3. The maximum atomic E-state index is 11.9. The van der Waals surface area contributed by atoms with E-state index in [1.54, 1.807) is 0 Å². The molecule has 3 heteroatoms. The van der Waals surface area contributed by atoms with Crippen LogP contribution in [0, 0.1) is 41.4 Å². The molecule has 2 fully saturated rings. The minimum absolute atomic E-state index is 0.0587. The second kappa shape index (κ2) is 6.16. The van der Waals surface area contributed by atoms with Crippen LogP contribution in [0.3, 0.4) is 0 Å². The summed E-state index contributed by atoms with van der Waals surface area (Å²) in [5.41, 5.74) is -0.0894. The first-order chi connectivity index (χ1) is 10.8. The Bertz CT molecular complexity index is 472. The third-order valence-electron chi connectivity index (χ3n) is 7.55. The normalized spacial score (nSPS) is 50.3. The Kier molecular flexibility index (Phi) is 4.67. The fourth-order valence-electron chi connectivity index (χ4n) is 6.10. The average molecular weight is 322 g/mol. The molecule has 132 valence electrons. The molecule has 8 atom stereocenters.